The van der Waals surface area contributed by atoms with Crippen LogP contribution in [-0.2, 0) is 6.54 Å². The molecule has 0 amide bonds. The lowest BCUT2D eigenvalue weighted by Gasteiger charge is -2.21. The first-order chi connectivity index (χ1) is 7.11. The van der Waals surface area contributed by atoms with Crippen LogP contribution in [0.2, 0.25) is 5.15 Å². The summed E-state index contributed by atoms with van der Waals surface area (Å²) in [6, 6.07) is 0. The highest BCUT2D eigenvalue weighted by Crippen LogP contribution is 2.06. The molecule has 0 N–H and O–H groups in total. The molecule has 4 heteroatoms. The maximum atomic E-state index is 5.68. The minimum absolute atomic E-state index is 0.450. The van der Waals surface area contributed by atoms with Crippen molar-refractivity contribution in [2.45, 2.75) is 27.3 Å². The summed E-state index contributed by atoms with van der Waals surface area (Å²) in [4.78, 5) is 10.6. The van der Waals surface area contributed by atoms with Crippen molar-refractivity contribution in [2.75, 3.05) is 13.1 Å². The van der Waals surface area contributed by atoms with Crippen molar-refractivity contribution in [3.63, 3.8) is 0 Å². The van der Waals surface area contributed by atoms with Crippen LogP contribution in [-0.4, -0.2) is 28.0 Å². The fourth-order valence-electron chi connectivity index (χ4n) is 1.47. The van der Waals surface area contributed by atoms with Crippen LogP contribution in [0.3, 0.4) is 0 Å². The quantitative estimate of drug-likeness (QED) is 0.775. The molecule has 0 saturated heterocycles. The molecule has 1 rings (SSSR count). The van der Waals surface area contributed by atoms with E-state index in [1.54, 1.807) is 12.4 Å². The van der Waals surface area contributed by atoms with Gasteiger partial charge in [0, 0.05) is 13.1 Å². The molecule has 84 valence electrons. The molecule has 0 spiro atoms. The Morgan fingerprint density at radius 1 is 1.33 bits per heavy atom. The highest BCUT2D eigenvalue weighted by atomic mass is 35.5. The Balaban J connectivity index is 2.54. The van der Waals surface area contributed by atoms with Crippen LogP contribution in [0, 0.1) is 5.92 Å². The molecule has 0 atom stereocenters. The monoisotopic (exact) mass is 227 g/mol. The van der Waals surface area contributed by atoms with Crippen LogP contribution < -0.4 is 0 Å². The number of aromatic nitrogens is 2. The summed E-state index contributed by atoms with van der Waals surface area (Å²) in [5.41, 5.74) is 0.974. The zero-order chi connectivity index (χ0) is 11.3. The van der Waals surface area contributed by atoms with E-state index in [9.17, 15) is 0 Å². The molecule has 1 aromatic heterocycles. The van der Waals surface area contributed by atoms with Crippen LogP contribution in [0.1, 0.15) is 26.5 Å². The summed E-state index contributed by atoms with van der Waals surface area (Å²) < 4.78 is 0. The third-order valence-electron chi connectivity index (χ3n) is 2.13. The predicted molar refractivity (Wildman–Crippen MR) is 62.8 cm³/mol. The minimum Gasteiger partial charge on any atom is -0.297 e. The van der Waals surface area contributed by atoms with E-state index in [0.29, 0.717) is 11.1 Å². The summed E-state index contributed by atoms with van der Waals surface area (Å²) in [5.74, 6) is 0.671. The van der Waals surface area contributed by atoms with Gasteiger partial charge in [-0.15, -0.1) is 0 Å². The Morgan fingerprint density at radius 3 is 2.53 bits per heavy atom. The lowest BCUT2D eigenvalue weighted by Crippen LogP contribution is -2.27. The number of hydrogen-bond acceptors (Lipinski definition) is 3. The molecule has 0 bridgehead atoms. The summed E-state index contributed by atoms with van der Waals surface area (Å²) in [7, 11) is 0. The molecule has 0 saturated carbocycles. The largest absolute Gasteiger partial charge is 0.297 e. The van der Waals surface area contributed by atoms with Gasteiger partial charge in [-0.2, -0.15) is 0 Å². The van der Waals surface area contributed by atoms with Gasteiger partial charge in [-0.25, -0.2) is 4.98 Å². The normalized spacial score (nSPS) is 11.3. The maximum Gasteiger partial charge on any atom is 0.147 e. The molecule has 1 aromatic rings. The third kappa shape index (κ3) is 4.58. The zero-order valence-electron chi connectivity index (χ0n) is 9.57. The smallest absolute Gasteiger partial charge is 0.147 e. The SMILES string of the molecule is CCN(Cc1cnc(Cl)cn1)CC(C)C. The van der Waals surface area contributed by atoms with Crippen molar-refractivity contribution in [3.05, 3.63) is 23.2 Å². The van der Waals surface area contributed by atoms with Gasteiger partial charge < -0.3 is 0 Å². The lowest BCUT2D eigenvalue weighted by molar-refractivity contribution is 0.245. The number of nitrogens with zero attached hydrogens (tertiary/aromatic N) is 3. The van der Waals surface area contributed by atoms with Crippen molar-refractivity contribution in [3.8, 4) is 0 Å². The Bertz CT molecular complexity index is 284. The minimum atomic E-state index is 0.450. The van der Waals surface area contributed by atoms with Crippen molar-refractivity contribution in [1.82, 2.24) is 14.9 Å². The first-order valence-corrected chi connectivity index (χ1v) is 5.68. The van der Waals surface area contributed by atoms with E-state index in [2.05, 4.69) is 35.6 Å². The van der Waals surface area contributed by atoms with Crippen molar-refractivity contribution >= 4 is 11.6 Å². The van der Waals surface area contributed by atoms with Gasteiger partial charge in [-0.3, -0.25) is 9.88 Å². The van der Waals surface area contributed by atoms with Gasteiger partial charge in [0.25, 0.3) is 0 Å². The van der Waals surface area contributed by atoms with E-state index < -0.39 is 0 Å². The standard InChI is InChI=1S/C11H18ClN3/c1-4-15(7-9(2)3)8-10-5-14-11(12)6-13-10/h5-6,9H,4,7-8H2,1-3H3. The second-order valence-electron chi connectivity index (χ2n) is 4.05. The fraction of sp³-hybridized carbons (Fsp3) is 0.636. The molecule has 0 radical (unpaired) electrons. The molecule has 3 nitrogen and oxygen atoms in total. The Labute approximate surface area is 96.5 Å². The topological polar surface area (TPSA) is 29.0 Å². The summed E-state index contributed by atoms with van der Waals surface area (Å²) in [5, 5.41) is 0.450. The maximum absolute atomic E-state index is 5.68. The number of halogens is 1. The Hall–Kier alpha value is -0.670. The van der Waals surface area contributed by atoms with E-state index in [4.69, 9.17) is 11.6 Å². The first kappa shape index (κ1) is 12.4. The molecule has 0 aliphatic carbocycles. The van der Waals surface area contributed by atoms with E-state index in [-0.39, 0.29) is 0 Å². The highest BCUT2D eigenvalue weighted by molar-refractivity contribution is 6.29. The second-order valence-corrected chi connectivity index (χ2v) is 4.44. The summed E-state index contributed by atoms with van der Waals surface area (Å²) in [6.45, 7) is 9.56. The summed E-state index contributed by atoms with van der Waals surface area (Å²) in [6.07, 6.45) is 3.34. The van der Waals surface area contributed by atoms with Gasteiger partial charge in [-0.1, -0.05) is 32.4 Å². The molecule has 0 unspecified atom stereocenters. The van der Waals surface area contributed by atoms with Crippen LogP contribution in [0.25, 0.3) is 0 Å². The average molecular weight is 228 g/mol. The predicted octanol–water partition coefficient (Wildman–Crippen LogP) is 2.61. The van der Waals surface area contributed by atoms with Crippen molar-refractivity contribution in [1.29, 1.82) is 0 Å². The Kier molecular flexibility index (Phi) is 4.99. The van der Waals surface area contributed by atoms with Crippen molar-refractivity contribution in [2.24, 2.45) is 5.92 Å². The van der Waals surface area contributed by atoms with E-state index in [1.165, 1.54) is 0 Å². The molecule has 0 aliphatic heterocycles. The van der Waals surface area contributed by atoms with Gasteiger partial charge >= 0.3 is 0 Å². The van der Waals surface area contributed by atoms with E-state index in [1.807, 2.05) is 0 Å². The van der Waals surface area contributed by atoms with Gasteiger partial charge in [-0.05, 0) is 12.5 Å². The summed E-state index contributed by atoms with van der Waals surface area (Å²) >= 11 is 5.68. The number of rotatable bonds is 5. The van der Waals surface area contributed by atoms with Gasteiger partial charge in [0.2, 0.25) is 0 Å². The molecule has 0 aliphatic rings. The molecular formula is C11H18ClN3. The molecule has 15 heavy (non-hydrogen) atoms. The van der Waals surface area contributed by atoms with E-state index >= 15 is 0 Å². The highest BCUT2D eigenvalue weighted by Gasteiger charge is 2.06. The van der Waals surface area contributed by atoms with Gasteiger partial charge in [0.1, 0.15) is 5.15 Å². The third-order valence-corrected chi connectivity index (χ3v) is 2.33. The molecule has 0 fully saturated rings. The second kappa shape index (κ2) is 6.03. The van der Waals surface area contributed by atoms with Gasteiger partial charge in [0.05, 0.1) is 18.1 Å². The molecule has 1 heterocycles. The molecule has 0 aromatic carbocycles. The molecular weight excluding hydrogens is 210 g/mol. The van der Waals surface area contributed by atoms with E-state index in [0.717, 1.165) is 25.3 Å². The van der Waals surface area contributed by atoms with Crippen LogP contribution in [0.5, 0.6) is 0 Å². The van der Waals surface area contributed by atoms with Gasteiger partial charge in [0.15, 0.2) is 0 Å². The van der Waals surface area contributed by atoms with Crippen LogP contribution in [0.4, 0.5) is 0 Å². The van der Waals surface area contributed by atoms with Crippen molar-refractivity contribution < 1.29 is 0 Å². The number of hydrogen-bond donors (Lipinski definition) is 0. The fourth-order valence-corrected chi connectivity index (χ4v) is 1.57. The zero-order valence-corrected chi connectivity index (χ0v) is 10.3. The van der Waals surface area contributed by atoms with Crippen LogP contribution >= 0.6 is 11.6 Å². The Morgan fingerprint density at radius 2 is 2.07 bits per heavy atom. The lowest BCUT2D eigenvalue weighted by atomic mass is 10.2. The van der Waals surface area contributed by atoms with Crippen LogP contribution in [0.15, 0.2) is 12.4 Å². The average Bonchev–Trinajstić information content (AvgIpc) is 2.19. The first-order valence-electron chi connectivity index (χ1n) is 5.30.